The SMILES string of the molecule is CC(C)C(C)(C)Cn1cncc1C1CNCCO1. The van der Waals surface area contributed by atoms with E-state index in [1.165, 1.54) is 5.69 Å². The van der Waals surface area contributed by atoms with Gasteiger partial charge in [0.15, 0.2) is 0 Å². The Morgan fingerprint density at radius 3 is 2.94 bits per heavy atom. The second-order valence-corrected chi connectivity index (χ2v) is 6.15. The summed E-state index contributed by atoms with van der Waals surface area (Å²) in [7, 11) is 0. The highest BCUT2D eigenvalue weighted by atomic mass is 16.5. The average molecular weight is 251 g/mol. The van der Waals surface area contributed by atoms with Crippen LogP contribution in [0.25, 0.3) is 0 Å². The molecule has 0 spiro atoms. The fraction of sp³-hybridized carbons (Fsp3) is 0.786. The van der Waals surface area contributed by atoms with E-state index in [-0.39, 0.29) is 11.5 Å². The number of rotatable bonds is 4. The Morgan fingerprint density at radius 1 is 1.56 bits per heavy atom. The van der Waals surface area contributed by atoms with Gasteiger partial charge in [0.05, 0.1) is 24.8 Å². The Balaban J connectivity index is 2.12. The summed E-state index contributed by atoms with van der Waals surface area (Å²) in [6.07, 6.45) is 4.01. The van der Waals surface area contributed by atoms with Crippen molar-refractivity contribution in [1.29, 1.82) is 0 Å². The number of imidazole rings is 1. The number of hydrogen-bond acceptors (Lipinski definition) is 3. The van der Waals surface area contributed by atoms with Gasteiger partial charge in [-0.25, -0.2) is 4.98 Å². The van der Waals surface area contributed by atoms with Gasteiger partial charge in [-0.2, -0.15) is 0 Å². The predicted molar refractivity (Wildman–Crippen MR) is 72.4 cm³/mol. The fourth-order valence-corrected chi connectivity index (χ4v) is 2.11. The van der Waals surface area contributed by atoms with Crippen molar-refractivity contribution in [2.45, 2.75) is 40.3 Å². The van der Waals surface area contributed by atoms with Crippen LogP contribution in [0.15, 0.2) is 12.5 Å². The molecule has 1 aliphatic rings. The molecular weight excluding hydrogens is 226 g/mol. The van der Waals surface area contributed by atoms with E-state index in [0.717, 1.165) is 26.2 Å². The zero-order valence-corrected chi connectivity index (χ0v) is 11.9. The lowest BCUT2D eigenvalue weighted by atomic mass is 9.81. The molecule has 0 aromatic carbocycles. The minimum absolute atomic E-state index is 0.143. The summed E-state index contributed by atoms with van der Waals surface area (Å²) in [6.45, 7) is 12.8. The molecule has 4 nitrogen and oxygen atoms in total. The standard InChI is InChI=1S/C14H25N3O/c1-11(2)14(3,4)9-17-10-16-7-12(17)13-8-15-5-6-18-13/h7,10-11,13,15H,5-6,8-9H2,1-4H3. The van der Waals surface area contributed by atoms with Crippen molar-refractivity contribution in [1.82, 2.24) is 14.9 Å². The van der Waals surface area contributed by atoms with Crippen molar-refractivity contribution in [3.05, 3.63) is 18.2 Å². The van der Waals surface area contributed by atoms with Crippen molar-refractivity contribution >= 4 is 0 Å². The molecule has 18 heavy (non-hydrogen) atoms. The third kappa shape index (κ3) is 2.93. The van der Waals surface area contributed by atoms with Crippen molar-refractivity contribution in [3.63, 3.8) is 0 Å². The van der Waals surface area contributed by atoms with E-state index in [9.17, 15) is 0 Å². The molecule has 1 aromatic heterocycles. The Kier molecular flexibility index (Phi) is 4.07. The van der Waals surface area contributed by atoms with Crippen molar-refractivity contribution < 1.29 is 4.74 Å². The predicted octanol–water partition coefficient (Wildman–Crippen LogP) is 2.23. The third-order valence-electron chi connectivity index (χ3n) is 4.14. The van der Waals surface area contributed by atoms with Crippen LogP contribution in [-0.2, 0) is 11.3 Å². The first-order valence-corrected chi connectivity index (χ1v) is 6.83. The molecule has 1 aromatic rings. The van der Waals surface area contributed by atoms with Gasteiger partial charge in [-0.15, -0.1) is 0 Å². The molecule has 0 aliphatic carbocycles. The summed E-state index contributed by atoms with van der Waals surface area (Å²) in [5, 5.41) is 3.37. The Hall–Kier alpha value is -0.870. The average Bonchev–Trinajstić information content (AvgIpc) is 2.77. The van der Waals surface area contributed by atoms with Crippen LogP contribution in [0.3, 0.4) is 0 Å². The van der Waals surface area contributed by atoms with E-state index in [1.54, 1.807) is 0 Å². The topological polar surface area (TPSA) is 39.1 Å². The van der Waals surface area contributed by atoms with Crippen LogP contribution < -0.4 is 5.32 Å². The second kappa shape index (κ2) is 5.41. The first kappa shape index (κ1) is 13.6. The summed E-state index contributed by atoms with van der Waals surface area (Å²) in [5.74, 6) is 0.637. The first-order chi connectivity index (χ1) is 8.50. The minimum atomic E-state index is 0.143. The molecule has 0 saturated carbocycles. The molecule has 0 amide bonds. The van der Waals surface area contributed by atoms with Gasteiger partial charge in [0, 0.05) is 19.6 Å². The highest BCUT2D eigenvalue weighted by molar-refractivity contribution is 5.05. The van der Waals surface area contributed by atoms with E-state index in [2.05, 4.69) is 42.6 Å². The molecular formula is C14H25N3O. The normalized spacial score (nSPS) is 21.5. The Morgan fingerprint density at radius 2 is 2.33 bits per heavy atom. The van der Waals surface area contributed by atoms with Crippen LogP contribution in [0, 0.1) is 11.3 Å². The van der Waals surface area contributed by atoms with Crippen LogP contribution >= 0.6 is 0 Å². The largest absolute Gasteiger partial charge is 0.369 e. The molecule has 1 atom stereocenters. The molecule has 1 unspecified atom stereocenters. The number of aromatic nitrogens is 2. The maximum Gasteiger partial charge on any atom is 0.111 e. The number of ether oxygens (including phenoxy) is 1. The number of nitrogens with one attached hydrogen (secondary N) is 1. The van der Waals surface area contributed by atoms with Gasteiger partial charge in [0.25, 0.3) is 0 Å². The third-order valence-corrected chi connectivity index (χ3v) is 4.14. The van der Waals surface area contributed by atoms with Crippen LogP contribution in [-0.4, -0.2) is 29.2 Å². The fourth-order valence-electron chi connectivity index (χ4n) is 2.11. The Labute approximate surface area is 110 Å². The van der Waals surface area contributed by atoms with Crippen LogP contribution in [0.1, 0.15) is 39.5 Å². The summed E-state index contributed by atoms with van der Waals surface area (Å²) in [4.78, 5) is 4.30. The van der Waals surface area contributed by atoms with Crippen molar-refractivity contribution in [2.24, 2.45) is 11.3 Å². The van der Waals surface area contributed by atoms with E-state index < -0.39 is 0 Å². The molecule has 2 heterocycles. The summed E-state index contributed by atoms with van der Waals surface area (Å²) >= 11 is 0. The first-order valence-electron chi connectivity index (χ1n) is 6.83. The molecule has 2 rings (SSSR count). The number of nitrogens with zero attached hydrogens (tertiary/aromatic N) is 2. The molecule has 1 N–H and O–H groups in total. The van der Waals surface area contributed by atoms with E-state index in [1.807, 2.05) is 12.5 Å². The minimum Gasteiger partial charge on any atom is -0.369 e. The number of morpholine rings is 1. The van der Waals surface area contributed by atoms with Crippen LogP contribution in [0.4, 0.5) is 0 Å². The maximum atomic E-state index is 5.81. The second-order valence-electron chi connectivity index (χ2n) is 6.15. The van der Waals surface area contributed by atoms with E-state index in [0.29, 0.717) is 5.92 Å². The monoisotopic (exact) mass is 251 g/mol. The zero-order chi connectivity index (χ0) is 13.2. The van der Waals surface area contributed by atoms with E-state index in [4.69, 9.17) is 4.74 Å². The van der Waals surface area contributed by atoms with Gasteiger partial charge >= 0.3 is 0 Å². The van der Waals surface area contributed by atoms with Crippen molar-refractivity contribution in [3.8, 4) is 0 Å². The van der Waals surface area contributed by atoms with Gasteiger partial charge in [-0.1, -0.05) is 27.7 Å². The smallest absolute Gasteiger partial charge is 0.111 e. The number of hydrogen-bond donors (Lipinski definition) is 1. The molecule has 1 fully saturated rings. The van der Waals surface area contributed by atoms with Crippen LogP contribution in [0.2, 0.25) is 0 Å². The highest BCUT2D eigenvalue weighted by Gasteiger charge is 2.26. The van der Waals surface area contributed by atoms with Gasteiger partial charge in [-0.05, 0) is 11.3 Å². The lowest BCUT2D eigenvalue weighted by Gasteiger charge is -2.32. The van der Waals surface area contributed by atoms with Gasteiger partial charge in [0.1, 0.15) is 6.10 Å². The van der Waals surface area contributed by atoms with Crippen molar-refractivity contribution in [2.75, 3.05) is 19.7 Å². The molecule has 1 saturated heterocycles. The highest BCUT2D eigenvalue weighted by Crippen LogP contribution is 2.30. The molecule has 4 heteroatoms. The Bertz CT molecular complexity index is 378. The zero-order valence-electron chi connectivity index (χ0n) is 11.9. The van der Waals surface area contributed by atoms with E-state index >= 15 is 0 Å². The lowest BCUT2D eigenvalue weighted by molar-refractivity contribution is 0.0212. The summed E-state index contributed by atoms with van der Waals surface area (Å²) in [6, 6.07) is 0. The van der Waals surface area contributed by atoms with Gasteiger partial charge in [-0.3, -0.25) is 0 Å². The van der Waals surface area contributed by atoms with Gasteiger partial charge in [0.2, 0.25) is 0 Å². The summed E-state index contributed by atoms with van der Waals surface area (Å²) < 4.78 is 8.06. The quantitative estimate of drug-likeness (QED) is 0.892. The van der Waals surface area contributed by atoms with Gasteiger partial charge < -0.3 is 14.6 Å². The molecule has 0 radical (unpaired) electrons. The molecule has 1 aliphatic heterocycles. The van der Waals surface area contributed by atoms with Crippen LogP contribution in [0.5, 0.6) is 0 Å². The molecule has 0 bridgehead atoms. The summed E-state index contributed by atoms with van der Waals surface area (Å²) in [5.41, 5.74) is 1.45. The lowest BCUT2D eigenvalue weighted by Crippen LogP contribution is -2.35. The maximum absolute atomic E-state index is 5.81. The molecule has 102 valence electrons.